The highest BCUT2D eigenvalue weighted by Gasteiger charge is 2.32. The minimum Gasteiger partial charge on any atom is -0.481 e. The van der Waals surface area contributed by atoms with E-state index in [-0.39, 0.29) is 18.4 Å². The number of nitrogens with one attached hydrogen (secondary N) is 1. The first-order chi connectivity index (χ1) is 6.49. The summed E-state index contributed by atoms with van der Waals surface area (Å²) in [6.07, 6.45) is 0.145. The molecule has 0 spiro atoms. The Hall–Kier alpha value is -1.30. The van der Waals surface area contributed by atoms with Crippen LogP contribution in [-0.4, -0.2) is 54.2 Å². The first-order valence-corrected chi connectivity index (χ1v) is 4.43. The molecule has 0 atom stereocenters. The molecule has 2 N–H and O–H groups in total. The number of hydrogen-bond acceptors (Lipinski definition) is 3. The zero-order valence-electron chi connectivity index (χ0n) is 8.36. The number of carboxylic acids is 1. The van der Waals surface area contributed by atoms with Crippen molar-refractivity contribution in [3.05, 3.63) is 0 Å². The molecule has 6 nitrogen and oxygen atoms in total. The van der Waals surface area contributed by atoms with E-state index < -0.39 is 5.97 Å². The zero-order chi connectivity index (χ0) is 10.7. The fraction of sp³-hybridized carbons (Fsp3) is 0.750. The van der Waals surface area contributed by atoms with Gasteiger partial charge in [0.2, 0.25) is 0 Å². The van der Waals surface area contributed by atoms with Gasteiger partial charge >= 0.3 is 12.0 Å². The predicted molar refractivity (Wildman–Crippen MR) is 49.5 cm³/mol. The number of carbonyl (C=O) groups excluding carboxylic acids is 1. The molecule has 1 aliphatic heterocycles. The minimum atomic E-state index is -0.803. The normalized spacial score (nSPS) is 16.6. The highest BCUT2D eigenvalue weighted by Crippen LogP contribution is 2.18. The maximum Gasteiger partial charge on any atom is 0.331 e. The van der Waals surface area contributed by atoms with Gasteiger partial charge in [-0.25, -0.2) is 9.80 Å². The van der Waals surface area contributed by atoms with Crippen molar-refractivity contribution in [1.29, 1.82) is 0 Å². The second-order valence-electron chi connectivity index (χ2n) is 3.68. The molecule has 14 heavy (non-hydrogen) atoms. The van der Waals surface area contributed by atoms with E-state index in [2.05, 4.69) is 5.43 Å². The van der Waals surface area contributed by atoms with Crippen LogP contribution >= 0.6 is 0 Å². The summed E-state index contributed by atoms with van der Waals surface area (Å²) in [5.74, 6) is -0.692. The van der Waals surface area contributed by atoms with Crippen LogP contribution in [0.4, 0.5) is 4.79 Å². The SMILES string of the molecule is CN(C)NC(=O)N1CC(CC(=O)O)C1. The minimum absolute atomic E-state index is 0.111. The summed E-state index contributed by atoms with van der Waals surface area (Å²) in [5, 5.41) is 10.1. The molecule has 6 heteroatoms. The summed E-state index contributed by atoms with van der Waals surface area (Å²) in [7, 11) is 3.46. The number of aliphatic carboxylic acids is 1. The fourth-order valence-corrected chi connectivity index (χ4v) is 1.37. The highest BCUT2D eigenvalue weighted by atomic mass is 16.4. The molecule has 0 radical (unpaired) electrons. The molecular weight excluding hydrogens is 186 g/mol. The zero-order valence-corrected chi connectivity index (χ0v) is 8.36. The Morgan fingerprint density at radius 2 is 2.07 bits per heavy atom. The van der Waals surface area contributed by atoms with Crippen molar-refractivity contribution in [2.45, 2.75) is 6.42 Å². The van der Waals surface area contributed by atoms with Crippen LogP contribution in [0, 0.1) is 5.92 Å². The number of amides is 2. The Balaban J connectivity index is 2.20. The third-order valence-corrected chi connectivity index (χ3v) is 2.03. The van der Waals surface area contributed by atoms with E-state index >= 15 is 0 Å². The monoisotopic (exact) mass is 201 g/mol. The largest absolute Gasteiger partial charge is 0.481 e. The molecule has 0 aromatic heterocycles. The lowest BCUT2D eigenvalue weighted by molar-refractivity contribution is -0.139. The van der Waals surface area contributed by atoms with Crippen molar-refractivity contribution >= 4 is 12.0 Å². The van der Waals surface area contributed by atoms with Gasteiger partial charge in [-0.15, -0.1) is 0 Å². The molecule has 80 valence electrons. The highest BCUT2D eigenvalue weighted by molar-refractivity contribution is 5.75. The van der Waals surface area contributed by atoms with Crippen LogP contribution in [0.3, 0.4) is 0 Å². The van der Waals surface area contributed by atoms with Crippen molar-refractivity contribution < 1.29 is 14.7 Å². The van der Waals surface area contributed by atoms with Gasteiger partial charge in [-0.3, -0.25) is 10.2 Å². The molecular formula is C8H15N3O3. The second-order valence-corrected chi connectivity index (χ2v) is 3.68. The number of nitrogens with zero attached hydrogens (tertiary/aromatic N) is 2. The summed E-state index contributed by atoms with van der Waals surface area (Å²) < 4.78 is 0. The molecule has 0 unspecified atom stereocenters. The Morgan fingerprint density at radius 3 is 2.50 bits per heavy atom. The summed E-state index contributed by atoms with van der Waals surface area (Å²) >= 11 is 0. The molecule has 0 aromatic carbocycles. The number of rotatable bonds is 3. The second kappa shape index (κ2) is 4.28. The van der Waals surface area contributed by atoms with Crippen LogP contribution in [-0.2, 0) is 4.79 Å². The van der Waals surface area contributed by atoms with Crippen molar-refractivity contribution in [2.75, 3.05) is 27.2 Å². The average molecular weight is 201 g/mol. The molecule has 1 heterocycles. The predicted octanol–water partition coefficient (Wildman–Crippen LogP) is -0.421. The molecule has 1 saturated heterocycles. The van der Waals surface area contributed by atoms with Crippen molar-refractivity contribution in [3.63, 3.8) is 0 Å². The standard InChI is InChI=1S/C8H15N3O3/c1-10(2)9-8(14)11-4-6(5-11)3-7(12)13/h6H,3-5H2,1-2H3,(H,9,14)(H,12,13). The van der Waals surface area contributed by atoms with Gasteiger partial charge in [0.25, 0.3) is 0 Å². The molecule has 0 saturated carbocycles. The van der Waals surface area contributed by atoms with E-state index in [4.69, 9.17) is 5.11 Å². The quantitative estimate of drug-likeness (QED) is 0.608. The maximum atomic E-state index is 11.3. The molecule has 1 fully saturated rings. The van der Waals surface area contributed by atoms with E-state index in [0.717, 1.165) is 0 Å². The van der Waals surface area contributed by atoms with Crippen molar-refractivity contribution in [1.82, 2.24) is 15.3 Å². The summed E-state index contributed by atoms with van der Waals surface area (Å²) in [4.78, 5) is 23.2. The number of urea groups is 1. The lowest BCUT2D eigenvalue weighted by atomic mass is 9.97. The number of likely N-dealkylation sites (tertiary alicyclic amines) is 1. The van der Waals surface area contributed by atoms with Crippen LogP contribution in [0.15, 0.2) is 0 Å². The van der Waals surface area contributed by atoms with Gasteiger partial charge < -0.3 is 10.0 Å². The van der Waals surface area contributed by atoms with E-state index in [1.165, 1.54) is 0 Å². The number of hydrogen-bond donors (Lipinski definition) is 2. The third kappa shape index (κ3) is 2.88. The van der Waals surface area contributed by atoms with E-state index in [0.29, 0.717) is 13.1 Å². The van der Waals surface area contributed by atoms with Gasteiger partial charge in [0.1, 0.15) is 0 Å². The Labute approximate surface area is 82.4 Å². The van der Waals surface area contributed by atoms with Gasteiger partial charge in [0.15, 0.2) is 0 Å². The number of carbonyl (C=O) groups is 2. The first-order valence-electron chi connectivity index (χ1n) is 4.43. The van der Waals surface area contributed by atoms with Crippen LogP contribution in [0.1, 0.15) is 6.42 Å². The lowest BCUT2D eigenvalue weighted by Gasteiger charge is -2.38. The van der Waals surface area contributed by atoms with Crippen LogP contribution in [0.5, 0.6) is 0 Å². The third-order valence-electron chi connectivity index (χ3n) is 2.03. The van der Waals surface area contributed by atoms with E-state index in [1.54, 1.807) is 24.0 Å². The topological polar surface area (TPSA) is 72.9 Å². The average Bonchev–Trinajstić information content (AvgIpc) is 1.93. The molecule has 0 bridgehead atoms. The van der Waals surface area contributed by atoms with Gasteiger partial charge in [0.05, 0.1) is 6.42 Å². The van der Waals surface area contributed by atoms with E-state index in [1.807, 2.05) is 0 Å². The van der Waals surface area contributed by atoms with Crippen LogP contribution in [0.25, 0.3) is 0 Å². The fourth-order valence-electron chi connectivity index (χ4n) is 1.37. The molecule has 0 aromatic rings. The molecule has 2 amide bonds. The maximum absolute atomic E-state index is 11.3. The van der Waals surface area contributed by atoms with Crippen LogP contribution < -0.4 is 5.43 Å². The molecule has 1 aliphatic rings. The lowest BCUT2D eigenvalue weighted by Crippen LogP contribution is -2.56. The summed E-state index contributed by atoms with van der Waals surface area (Å²) in [5.41, 5.74) is 2.59. The van der Waals surface area contributed by atoms with Gasteiger partial charge in [0, 0.05) is 33.1 Å². The Morgan fingerprint density at radius 1 is 1.50 bits per heavy atom. The van der Waals surface area contributed by atoms with Crippen molar-refractivity contribution in [2.24, 2.45) is 5.92 Å². The smallest absolute Gasteiger partial charge is 0.331 e. The summed E-state index contributed by atoms with van der Waals surface area (Å²) in [6, 6.07) is -0.170. The Bertz CT molecular complexity index is 236. The van der Waals surface area contributed by atoms with Gasteiger partial charge in [-0.05, 0) is 0 Å². The van der Waals surface area contributed by atoms with Gasteiger partial charge in [-0.1, -0.05) is 0 Å². The van der Waals surface area contributed by atoms with Gasteiger partial charge in [-0.2, -0.15) is 0 Å². The molecule has 0 aliphatic carbocycles. The first kappa shape index (κ1) is 10.8. The number of hydrazine groups is 1. The van der Waals surface area contributed by atoms with E-state index in [9.17, 15) is 9.59 Å². The van der Waals surface area contributed by atoms with Crippen LogP contribution in [0.2, 0.25) is 0 Å². The number of carboxylic acid groups (broad SMARTS) is 1. The van der Waals surface area contributed by atoms with Crippen molar-refractivity contribution in [3.8, 4) is 0 Å². The Kier molecular flexibility index (Phi) is 3.29. The summed E-state index contributed by atoms with van der Waals surface area (Å²) in [6.45, 7) is 1.07. The molecule has 1 rings (SSSR count).